The van der Waals surface area contributed by atoms with Gasteiger partial charge in [-0.05, 0) is 30.3 Å². The van der Waals surface area contributed by atoms with Gasteiger partial charge in [0.1, 0.15) is 12.1 Å². The van der Waals surface area contributed by atoms with Gasteiger partial charge >= 0.3 is 0 Å². The molecule has 1 atom stereocenters. The average Bonchev–Trinajstić information content (AvgIpc) is 2.62. The van der Waals surface area contributed by atoms with Crippen LogP contribution in [0.5, 0.6) is 5.75 Å². The summed E-state index contributed by atoms with van der Waals surface area (Å²) in [5.41, 5.74) is 9.41. The summed E-state index contributed by atoms with van der Waals surface area (Å²) < 4.78 is 5.38. The van der Waals surface area contributed by atoms with Gasteiger partial charge in [-0.25, -0.2) is 9.97 Å². The molecule has 0 saturated carbocycles. The topological polar surface area (TPSA) is 73.9 Å². The Labute approximate surface area is 128 Å². The number of pyridine rings is 1. The maximum Gasteiger partial charge on any atom is 0.128 e. The molecule has 3 rings (SSSR count). The standard InChI is InChI=1S/C17H16N4O/c1-22-16-8-3-2-6-12(16)14-10-15(21-11-20-14)17(18)13-7-4-5-9-19-13/h2-11,17H,18H2,1H3. The minimum atomic E-state index is -0.391. The molecule has 2 aromatic heterocycles. The van der Waals surface area contributed by atoms with Crippen LogP contribution in [0, 0.1) is 0 Å². The van der Waals surface area contributed by atoms with Crippen molar-refractivity contribution >= 4 is 0 Å². The minimum Gasteiger partial charge on any atom is -0.496 e. The predicted molar refractivity (Wildman–Crippen MR) is 84.3 cm³/mol. The first kappa shape index (κ1) is 14.2. The minimum absolute atomic E-state index is 0.391. The molecule has 5 heteroatoms. The summed E-state index contributed by atoms with van der Waals surface area (Å²) in [6.07, 6.45) is 3.23. The van der Waals surface area contributed by atoms with E-state index in [0.717, 1.165) is 28.4 Å². The number of rotatable bonds is 4. The molecule has 1 unspecified atom stereocenters. The second-order valence-electron chi connectivity index (χ2n) is 4.76. The fourth-order valence-electron chi connectivity index (χ4n) is 2.26. The third kappa shape index (κ3) is 2.80. The van der Waals surface area contributed by atoms with Gasteiger partial charge in [0.25, 0.3) is 0 Å². The molecule has 0 aliphatic carbocycles. The third-order valence-corrected chi connectivity index (χ3v) is 3.40. The van der Waals surface area contributed by atoms with E-state index in [1.807, 2.05) is 48.5 Å². The summed E-state index contributed by atoms with van der Waals surface area (Å²) in [6.45, 7) is 0. The molecule has 0 fully saturated rings. The van der Waals surface area contributed by atoms with Crippen molar-refractivity contribution in [1.82, 2.24) is 15.0 Å². The van der Waals surface area contributed by atoms with Crippen LogP contribution in [0.4, 0.5) is 0 Å². The van der Waals surface area contributed by atoms with Crippen molar-refractivity contribution in [2.75, 3.05) is 7.11 Å². The van der Waals surface area contributed by atoms with Crippen molar-refractivity contribution in [2.24, 2.45) is 5.73 Å². The molecular weight excluding hydrogens is 276 g/mol. The van der Waals surface area contributed by atoms with E-state index in [0.29, 0.717) is 0 Å². The predicted octanol–water partition coefficient (Wildman–Crippen LogP) is 2.60. The normalized spacial score (nSPS) is 11.9. The zero-order chi connectivity index (χ0) is 15.4. The lowest BCUT2D eigenvalue weighted by molar-refractivity contribution is 0.416. The number of para-hydroxylation sites is 1. The molecule has 0 spiro atoms. The van der Waals surface area contributed by atoms with Crippen molar-refractivity contribution in [3.8, 4) is 17.0 Å². The monoisotopic (exact) mass is 292 g/mol. The van der Waals surface area contributed by atoms with Gasteiger partial charge in [-0.15, -0.1) is 0 Å². The van der Waals surface area contributed by atoms with Crippen molar-refractivity contribution in [3.05, 3.63) is 72.4 Å². The largest absolute Gasteiger partial charge is 0.496 e. The van der Waals surface area contributed by atoms with Crippen LogP contribution in [-0.2, 0) is 0 Å². The van der Waals surface area contributed by atoms with E-state index in [2.05, 4.69) is 15.0 Å². The van der Waals surface area contributed by atoms with Gasteiger partial charge in [-0.3, -0.25) is 4.98 Å². The van der Waals surface area contributed by atoms with Gasteiger partial charge in [0, 0.05) is 11.8 Å². The van der Waals surface area contributed by atoms with Crippen LogP contribution in [-0.4, -0.2) is 22.1 Å². The first-order valence-corrected chi connectivity index (χ1v) is 6.91. The molecule has 1 aromatic carbocycles. The second-order valence-corrected chi connectivity index (χ2v) is 4.76. The number of nitrogens with two attached hydrogens (primary N) is 1. The molecular formula is C17H16N4O. The van der Waals surface area contributed by atoms with Crippen LogP contribution in [0.2, 0.25) is 0 Å². The smallest absolute Gasteiger partial charge is 0.128 e. The quantitative estimate of drug-likeness (QED) is 0.800. The van der Waals surface area contributed by atoms with E-state index in [4.69, 9.17) is 10.5 Å². The molecule has 110 valence electrons. The Morgan fingerprint density at radius 1 is 0.955 bits per heavy atom. The number of benzene rings is 1. The van der Waals surface area contributed by atoms with Crippen LogP contribution >= 0.6 is 0 Å². The Balaban J connectivity index is 2.00. The SMILES string of the molecule is COc1ccccc1-c1cc(C(N)c2ccccn2)ncn1. The Morgan fingerprint density at radius 3 is 2.55 bits per heavy atom. The maximum absolute atomic E-state index is 6.25. The maximum atomic E-state index is 6.25. The van der Waals surface area contributed by atoms with Crippen molar-refractivity contribution in [1.29, 1.82) is 0 Å². The molecule has 0 amide bonds. The molecule has 0 bridgehead atoms. The molecule has 0 aliphatic rings. The van der Waals surface area contributed by atoms with Crippen molar-refractivity contribution in [2.45, 2.75) is 6.04 Å². The van der Waals surface area contributed by atoms with Crippen molar-refractivity contribution < 1.29 is 4.74 Å². The van der Waals surface area contributed by atoms with Gasteiger partial charge in [0.15, 0.2) is 0 Å². The van der Waals surface area contributed by atoms with E-state index in [-0.39, 0.29) is 0 Å². The number of ether oxygens (including phenoxy) is 1. The number of aromatic nitrogens is 3. The Bertz CT molecular complexity index is 761. The summed E-state index contributed by atoms with van der Waals surface area (Å²) in [5, 5.41) is 0. The molecule has 22 heavy (non-hydrogen) atoms. The Morgan fingerprint density at radius 2 is 1.77 bits per heavy atom. The molecule has 2 N–H and O–H groups in total. The van der Waals surface area contributed by atoms with Crippen LogP contribution in [0.3, 0.4) is 0 Å². The van der Waals surface area contributed by atoms with E-state index >= 15 is 0 Å². The van der Waals surface area contributed by atoms with Gasteiger partial charge in [0.2, 0.25) is 0 Å². The third-order valence-electron chi connectivity index (χ3n) is 3.40. The highest BCUT2D eigenvalue weighted by molar-refractivity contribution is 5.67. The number of hydrogen-bond acceptors (Lipinski definition) is 5. The zero-order valence-corrected chi connectivity index (χ0v) is 12.2. The number of methoxy groups -OCH3 is 1. The van der Waals surface area contributed by atoms with E-state index < -0.39 is 6.04 Å². The molecule has 0 aliphatic heterocycles. The van der Waals surface area contributed by atoms with Gasteiger partial charge < -0.3 is 10.5 Å². The van der Waals surface area contributed by atoms with Crippen LogP contribution in [0.15, 0.2) is 61.1 Å². The highest BCUT2D eigenvalue weighted by atomic mass is 16.5. The first-order valence-electron chi connectivity index (χ1n) is 6.91. The molecule has 2 heterocycles. The summed E-state index contributed by atoms with van der Waals surface area (Å²) in [7, 11) is 1.64. The average molecular weight is 292 g/mol. The van der Waals surface area contributed by atoms with E-state index in [9.17, 15) is 0 Å². The highest BCUT2D eigenvalue weighted by Crippen LogP contribution is 2.29. The van der Waals surface area contributed by atoms with Crippen LogP contribution in [0.1, 0.15) is 17.4 Å². The van der Waals surface area contributed by atoms with Gasteiger partial charge in [0.05, 0.1) is 30.2 Å². The summed E-state index contributed by atoms with van der Waals surface area (Å²) in [6, 6.07) is 14.8. The van der Waals surface area contributed by atoms with Crippen LogP contribution < -0.4 is 10.5 Å². The molecule has 3 aromatic rings. The summed E-state index contributed by atoms with van der Waals surface area (Å²) in [5.74, 6) is 0.763. The van der Waals surface area contributed by atoms with Gasteiger partial charge in [-0.1, -0.05) is 18.2 Å². The lowest BCUT2D eigenvalue weighted by Gasteiger charge is -2.12. The highest BCUT2D eigenvalue weighted by Gasteiger charge is 2.14. The summed E-state index contributed by atoms with van der Waals surface area (Å²) >= 11 is 0. The second kappa shape index (κ2) is 6.32. The van der Waals surface area contributed by atoms with E-state index in [1.165, 1.54) is 6.33 Å². The lowest BCUT2D eigenvalue weighted by atomic mass is 10.1. The zero-order valence-electron chi connectivity index (χ0n) is 12.2. The Hall–Kier alpha value is -2.79. The van der Waals surface area contributed by atoms with E-state index in [1.54, 1.807) is 13.3 Å². The first-order chi connectivity index (χ1) is 10.8. The molecule has 0 saturated heterocycles. The molecule has 5 nitrogen and oxygen atoms in total. The number of nitrogens with zero attached hydrogens (tertiary/aromatic N) is 3. The Kier molecular flexibility index (Phi) is 4.07. The van der Waals surface area contributed by atoms with Crippen molar-refractivity contribution in [3.63, 3.8) is 0 Å². The summed E-state index contributed by atoms with van der Waals surface area (Å²) in [4.78, 5) is 12.9. The molecule has 0 radical (unpaired) electrons. The van der Waals surface area contributed by atoms with Crippen LogP contribution in [0.25, 0.3) is 11.3 Å². The lowest BCUT2D eigenvalue weighted by Crippen LogP contribution is -2.15. The van der Waals surface area contributed by atoms with Gasteiger partial charge in [-0.2, -0.15) is 0 Å². The fourth-order valence-corrected chi connectivity index (χ4v) is 2.26. The fraction of sp³-hybridized carbons (Fsp3) is 0.118. The number of hydrogen-bond donors (Lipinski definition) is 1.